The largest absolute Gasteiger partial charge is 0.396 e. The summed E-state index contributed by atoms with van der Waals surface area (Å²) in [5.74, 6) is 1.27. The molecule has 1 aromatic rings. The van der Waals surface area contributed by atoms with Crippen LogP contribution in [0.3, 0.4) is 0 Å². The van der Waals surface area contributed by atoms with Gasteiger partial charge in [-0.15, -0.1) is 0 Å². The smallest absolute Gasteiger partial charge is 0.227 e. The third-order valence-corrected chi connectivity index (χ3v) is 5.17. The zero-order valence-electron chi connectivity index (χ0n) is 12.3. The van der Waals surface area contributed by atoms with Crippen LogP contribution in [-0.4, -0.2) is 5.91 Å². The lowest BCUT2D eigenvalue weighted by Crippen LogP contribution is -2.33. The number of rotatable bonds is 2. The molecule has 0 aliphatic heterocycles. The Kier molecular flexibility index (Phi) is 4.13. The van der Waals surface area contributed by atoms with E-state index in [0.717, 1.165) is 24.7 Å². The molecule has 2 aliphatic rings. The van der Waals surface area contributed by atoms with Crippen LogP contribution >= 0.6 is 0 Å². The third kappa shape index (κ3) is 3.20. The number of anilines is 2. The van der Waals surface area contributed by atoms with Crippen molar-refractivity contribution in [2.24, 2.45) is 17.8 Å². The molecule has 0 radical (unpaired) electrons. The summed E-state index contributed by atoms with van der Waals surface area (Å²) >= 11 is 0. The van der Waals surface area contributed by atoms with E-state index in [1.165, 1.54) is 44.2 Å². The number of nitrogens with one attached hydrogen (secondary N) is 1. The van der Waals surface area contributed by atoms with Crippen LogP contribution in [0.1, 0.15) is 44.9 Å². The first-order valence-electron chi connectivity index (χ1n) is 7.99. The predicted molar refractivity (Wildman–Crippen MR) is 82.2 cm³/mol. The van der Waals surface area contributed by atoms with Gasteiger partial charge in [0.2, 0.25) is 5.91 Å². The lowest BCUT2D eigenvalue weighted by atomic mass is 9.67. The van der Waals surface area contributed by atoms with Gasteiger partial charge in [0, 0.05) is 11.6 Å². The number of benzene rings is 1. The number of amides is 1. The minimum Gasteiger partial charge on any atom is -0.396 e. The summed E-state index contributed by atoms with van der Waals surface area (Å²) in [5, 5.41) is 2.89. The fourth-order valence-corrected chi connectivity index (χ4v) is 3.98. The molecule has 3 N–H and O–H groups in total. The molecule has 4 heteroatoms. The Morgan fingerprint density at radius 1 is 1.14 bits per heavy atom. The lowest BCUT2D eigenvalue weighted by molar-refractivity contribution is -0.122. The van der Waals surface area contributed by atoms with Crippen LogP contribution in [0.5, 0.6) is 0 Å². The Balaban J connectivity index is 1.61. The second-order valence-corrected chi connectivity index (χ2v) is 6.54. The molecule has 3 rings (SSSR count). The maximum atomic E-state index is 13.1. The predicted octanol–water partition coefficient (Wildman–Crippen LogP) is 3.95. The van der Waals surface area contributed by atoms with Crippen molar-refractivity contribution >= 4 is 17.3 Å². The monoisotopic (exact) mass is 290 g/mol. The van der Waals surface area contributed by atoms with Crippen LogP contribution in [0.25, 0.3) is 0 Å². The second-order valence-electron chi connectivity index (χ2n) is 6.54. The van der Waals surface area contributed by atoms with Gasteiger partial charge in [-0.2, -0.15) is 0 Å². The topological polar surface area (TPSA) is 55.1 Å². The molecule has 114 valence electrons. The first kappa shape index (κ1) is 14.4. The summed E-state index contributed by atoms with van der Waals surface area (Å²) in [6.07, 6.45) is 8.44. The zero-order valence-corrected chi connectivity index (χ0v) is 12.3. The maximum Gasteiger partial charge on any atom is 0.227 e. The summed E-state index contributed by atoms with van der Waals surface area (Å²) in [6.45, 7) is 0. The van der Waals surface area contributed by atoms with Gasteiger partial charge >= 0.3 is 0 Å². The van der Waals surface area contributed by atoms with E-state index in [-0.39, 0.29) is 17.5 Å². The highest BCUT2D eigenvalue weighted by atomic mass is 19.1. The highest BCUT2D eigenvalue weighted by Crippen LogP contribution is 2.42. The number of carbonyl (C=O) groups is 1. The van der Waals surface area contributed by atoms with E-state index >= 15 is 0 Å². The van der Waals surface area contributed by atoms with Gasteiger partial charge in [-0.25, -0.2) is 4.39 Å². The van der Waals surface area contributed by atoms with Gasteiger partial charge in [0.25, 0.3) is 0 Å². The van der Waals surface area contributed by atoms with E-state index < -0.39 is 5.82 Å². The summed E-state index contributed by atoms with van der Waals surface area (Å²) in [7, 11) is 0. The van der Waals surface area contributed by atoms with Crippen LogP contribution in [0, 0.1) is 23.6 Å². The fraction of sp³-hybridized carbons (Fsp3) is 0.588. The number of halogens is 1. The van der Waals surface area contributed by atoms with Gasteiger partial charge in [0.1, 0.15) is 5.82 Å². The molecule has 1 aromatic carbocycles. The van der Waals surface area contributed by atoms with E-state index in [1.807, 2.05) is 0 Å². The number of hydrogen-bond donors (Lipinski definition) is 2. The van der Waals surface area contributed by atoms with E-state index in [4.69, 9.17) is 5.73 Å². The molecule has 2 fully saturated rings. The number of carbonyl (C=O) groups excluding carboxylic acids is 1. The van der Waals surface area contributed by atoms with E-state index in [0.29, 0.717) is 5.69 Å². The van der Waals surface area contributed by atoms with E-state index in [2.05, 4.69) is 5.32 Å². The summed E-state index contributed by atoms with van der Waals surface area (Å²) in [6, 6.07) is 4.35. The molecule has 0 saturated heterocycles. The molecule has 1 amide bonds. The van der Waals surface area contributed by atoms with Crippen LogP contribution < -0.4 is 11.1 Å². The van der Waals surface area contributed by atoms with Crippen molar-refractivity contribution in [1.82, 2.24) is 0 Å². The molecule has 3 unspecified atom stereocenters. The molecule has 3 atom stereocenters. The molecule has 2 saturated carbocycles. The van der Waals surface area contributed by atoms with Crippen molar-refractivity contribution in [1.29, 1.82) is 0 Å². The van der Waals surface area contributed by atoms with Crippen molar-refractivity contribution in [2.75, 3.05) is 11.1 Å². The van der Waals surface area contributed by atoms with E-state index in [9.17, 15) is 9.18 Å². The van der Waals surface area contributed by atoms with Gasteiger partial charge in [-0.1, -0.05) is 25.7 Å². The Labute approximate surface area is 125 Å². The standard InChI is InChI=1S/C17H23FN2O/c18-15-8-7-14(10-16(15)19)20-17(21)13-6-5-11-3-1-2-4-12(11)9-13/h7-8,10-13H,1-6,9,19H2,(H,20,21). The van der Waals surface area contributed by atoms with Gasteiger partial charge in [0.15, 0.2) is 0 Å². The molecule has 0 bridgehead atoms. The summed E-state index contributed by atoms with van der Waals surface area (Å²) in [5.41, 5.74) is 6.20. The van der Waals surface area contributed by atoms with Gasteiger partial charge < -0.3 is 11.1 Å². The number of hydrogen-bond acceptors (Lipinski definition) is 2. The average Bonchev–Trinajstić information content (AvgIpc) is 2.50. The molecule has 21 heavy (non-hydrogen) atoms. The first-order valence-corrected chi connectivity index (χ1v) is 7.99. The van der Waals surface area contributed by atoms with Gasteiger partial charge in [-0.3, -0.25) is 4.79 Å². The Bertz CT molecular complexity index is 532. The van der Waals surface area contributed by atoms with Crippen molar-refractivity contribution in [3.63, 3.8) is 0 Å². The minimum atomic E-state index is -0.448. The molecule has 0 heterocycles. The van der Waals surface area contributed by atoms with Crippen molar-refractivity contribution in [3.8, 4) is 0 Å². The highest BCUT2D eigenvalue weighted by molar-refractivity contribution is 5.93. The summed E-state index contributed by atoms with van der Waals surface area (Å²) < 4.78 is 13.1. The number of fused-ring (bicyclic) bond motifs is 1. The molecular formula is C17H23FN2O. The van der Waals surface area contributed by atoms with Gasteiger partial charge in [0.05, 0.1) is 5.69 Å². The average molecular weight is 290 g/mol. The number of nitrogen functional groups attached to an aromatic ring is 1. The van der Waals surface area contributed by atoms with Crippen LogP contribution in [-0.2, 0) is 4.79 Å². The summed E-state index contributed by atoms with van der Waals surface area (Å²) in [4.78, 5) is 12.4. The van der Waals surface area contributed by atoms with Crippen molar-refractivity contribution in [3.05, 3.63) is 24.0 Å². The van der Waals surface area contributed by atoms with Crippen LogP contribution in [0.2, 0.25) is 0 Å². The Morgan fingerprint density at radius 2 is 1.90 bits per heavy atom. The molecule has 0 aromatic heterocycles. The molecule has 0 spiro atoms. The first-order chi connectivity index (χ1) is 10.1. The van der Waals surface area contributed by atoms with Crippen molar-refractivity contribution < 1.29 is 9.18 Å². The van der Waals surface area contributed by atoms with Crippen molar-refractivity contribution in [2.45, 2.75) is 44.9 Å². The Morgan fingerprint density at radius 3 is 2.67 bits per heavy atom. The Hall–Kier alpha value is -1.58. The fourth-order valence-electron chi connectivity index (χ4n) is 3.98. The lowest BCUT2D eigenvalue weighted by Gasteiger charge is -2.38. The molecule has 2 aliphatic carbocycles. The van der Waals surface area contributed by atoms with Gasteiger partial charge in [-0.05, 0) is 49.3 Å². The number of nitrogens with two attached hydrogens (primary N) is 1. The van der Waals surface area contributed by atoms with Crippen LogP contribution in [0.4, 0.5) is 15.8 Å². The quantitative estimate of drug-likeness (QED) is 0.810. The SMILES string of the molecule is Nc1cc(NC(=O)C2CCC3CCCCC3C2)ccc1F. The normalized spacial score (nSPS) is 28.7. The second kappa shape index (κ2) is 6.04. The van der Waals surface area contributed by atoms with Crippen LogP contribution in [0.15, 0.2) is 18.2 Å². The zero-order chi connectivity index (χ0) is 14.8. The highest BCUT2D eigenvalue weighted by Gasteiger charge is 2.34. The molecular weight excluding hydrogens is 267 g/mol. The van der Waals surface area contributed by atoms with E-state index in [1.54, 1.807) is 6.07 Å². The molecule has 3 nitrogen and oxygen atoms in total. The third-order valence-electron chi connectivity index (χ3n) is 5.17. The maximum absolute atomic E-state index is 13.1. The minimum absolute atomic E-state index is 0.0602.